The Morgan fingerprint density at radius 1 is 0.660 bits per heavy atom. The second-order valence-electron chi connectivity index (χ2n) is 10.9. The Morgan fingerprint density at radius 2 is 1.04 bits per heavy atom. The van der Waals surface area contributed by atoms with Crippen LogP contribution in [0.2, 0.25) is 0 Å². The van der Waals surface area contributed by atoms with E-state index in [0.717, 1.165) is 9.36 Å². The molecule has 6 rings (SSSR count). The number of fused-ring (bicyclic) bond motifs is 2. The van der Waals surface area contributed by atoms with Gasteiger partial charge >= 0.3 is 11.9 Å². The second kappa shape index (κ2) is 11.1. The average molecular weight is 635 g/mol. The van der Waals surface area contributed by atoms with Crippen molar-refractivity contribution in [1.29, 1.82) is 0 Å². The van der Waals surface area contributed by atoms with Crippen LogP contribution in [0.3, 0.4) is 0 Å². The minimum Gasteiger partial charge on any atom is -0.478 e. The van der Waals surface area contributed by atoms with Gasteiger partial charge in [-0.2, -0.15) is 0 Å². The van der Waals surface area contributed by atoms with Crippen molar-refractivity contribution < 1.29 is 19.8 Å². The zero-order valence-corrected chi connectivity index (χ0v) is 25.4. The molecular formula is C33H26N6O8. The van der Waals surface area contributed by atoms with E-state index in [2.05, 4.69) is 15.9 Å². The quantitative estimate of drug-likeness (QED) is 0.201. The fourth-order valence-electron chi connectivity index (χ4n) is 5.64. The number of carboxylic acid groups (broad SMARTS) is 2. The number of nitrogens with zero attached hydrogens (tertiary/aromatic N) is 4. The molecule has 0 atom stereocenters. The van der Waals surface area contributed by atoms with E-state index in [1.165, 1.54) is 71.8 Å². The molecule has 6 aromatic rings. The van der Waals surface area contributed by atoms with Gasteiger partial charge < -0.3 is 10.2 Å². The number of carbonyl (C=O) groups is 2. The summed E-state index contributed by atoms with van der Waals surface area (Å²) in [4.78, 5) is 76.7. The number of hydrogen-bond donors (Lipinski definition) is 4. The molecule has 0 unspecified atom stereocenters. The monoisotopic (exact) mass is 634 g/mol. The molecule has 0 aliphatic heterocycles. The molecule has 14 nitrogen and oxygen atoms in total. The van der Waals surface area contributed by atoms with E-state index in [0.29, 0.717) is 11.1 Å². The Bertz CT molecular complexity index is 2470. The fourth-order valence-corrected chi connectivity index (χ4v) is 5.64. The lowest BCUT2D eigenvalue weighted by Gasteiger charge is -2.06. The molecule has 4 aromatic heterocycles. The molecule has 0 spiro atoms. The average Bonchev–Trinajstić information content (AvgIpc) is 3.59. The molecule has 0 bridgehead atoms. The molecule has 0 aliphatic carbocycles. The highest BCUT2D eigenvalue weighted by Gasteiger charge is 2.20. The van der Waals surface area contributed by atoms with Gasteiger partial charge in [0.1, 0.15) is 11.3 Å². The topological polar surface area (TPSA) is 194 Å². The number of aromatic nitrogens is 6. The summed E-state index contributed by atoms with van der Waals surface area (Å²) >= 11 is 0. The van der Waals surface area contributed by atoms with Crippen LogP contribution < -0.4 is 22.2 Å². The Labute approximate surface area is 263 Å². The minimum atomic E-state index is -1.16. The molecule has 4 N–H and O–H groups in total. The first kappa shape index (κ1) is 30.4. The van der Waals surface area contributed by atoms with Crippen LogP contribution in [0.5, 0.6) is 0 Å². The number of nitrogens with one attached hydrogen (secondary N) is 2. The number of aromatic carboxylic acids is 2. The van der Waals surface area contributed by atoms with Crippen molar-refractivity contribution in [3.63, 3.8) is 0 Å². The van der Waals surface area contributed by atoms with E-state index < -0.39 is 34.2 Å². The van der Waals surface area contributed by atoms with Gasteiger partial charge in [-0.3, -0.25) is 38.5 Å². The Kier molecular flexibility index (Phi) is 7.14. The van der Waals surface area contributed by atoms with E-state index in [-0.39, 0.29) is 55.7 Å². The first-order chi connectivity index (χ1) is 22.3. The lowest BCUT2D eigenvalue weighted by molar-refractivity contribution is 0.0686. The summed E-state index contributed by atoms with van der Waals surface area (Å²) in [5.41, 5.74) is 2.89. The van der Waals surface area contributed by atoms with Gasteiger partial charge in [0.15, 0.2) is 0 Å². The van der Waals surface area contributed by atoms with Crippen LogP contribution in [0.4, 0.5) is 0 Å². The summed E-state index contributed by atoms with van der Waals surface area (Å²) in [7, 11) is 2.96. The summed E-state index contributed by atoms with van der Waals surface area (Å²) < 4.78 is 4.84. The number of H-pyrrole nitrogens is 2. The third-order valence-electron chi connectivity index (χ3n) is 8.20. The van der Waals surface area contributed by atoms with Gasteiger partial charge in [0.05, 0.1) is 44.4 Å². The lowest BCUT2D eigenvalue weighted by atomic mass is 10.1. The van der Waals surface area contributed by atoms with Gasteiger partial charge in [-0.25, -0.2) is 19.0 Å². The van der Waals surface area contributed by atoms with Gasteiger partial charge in [0.2, 0.25) is 0 Å². The van der Waals surface area contributed by atoms with Crippen LogP contribution in [0.15, 0.2) is 73.4 Å². The predicted octanol–water partition coefficient (Wildman–Crippen LogP) is 2.69. The lowest BCUT2D eigenvalue weighted by Crippen LogP contribution is -2.22. The van der Waals surface area contributed by atoms with Gasteiger partial charge in [0.25, 0.3) is 22.2 Å². The van der Waals surface area contributed by atoms with Gasteiger partial charge in [-0.15, -0.1) is 5.73 Å². The van der Waals surface area contributed by atoms with Gasteiger partial charge in [-0.05, 0) is 73.5 Å². The minimum absolute atomic E-state index is 0.0157. The molecule has 14 heteroatoms. The maximum absolute atomic E-state index is 13.5. The van der Waals surface area contributed by atoms with E-state index in [9.17, 15) is 39.0 Å². The van der Waals surface area contributed by atoms with Crippen LogP contribution in [-0.2, 0) is 14.1 Å². The van der Waals surface area contributed by atoms with Gasteiger partial charge in [0, 0.05) is 14.1 Å². The Hall–Kier alpha value is -6.66. The van der Waals surface area contributed by atoms with E-state index in [1.54, 1.807) is 26.0 Å². The number of rotatable bonds is 6. The maximum atomic E-state index is 13.5. The zero-order valence-electron chi connectivity index (χ0n) is 25.4. The van der Waals surface area contributed by atoms with Crippen LogP contribution >= 0.6 is 0 Å². The highest BCUT2D eigenvalue weighted by Crippen LogP contribution is 2.20. The van der Waals surface area contributed by atoms with Crippen LogP contribution in [0, 0.1) is 13.8 Å². The van der Waals surface area contributed by atoms with E-state index >= 15 is 0 Å². The van der Waals surface area contributed by atoms with E-state index in [4.69, 9.17) is 0 Å². The van der Waals surface area contributed by atoms with Crippen molar-refractivity contribution in [2.45, 2.75) is 13.8 Å². The summed E-state index contributed by atoms with van der Waals surface area (Å²) in [6.07, 6.45) is 2.71. The standard InChI is InChI=1S/C33H26N6O8/c1-16-22(28(40)36(3)26-24(16)30(42)38(34-26)20-10-5-8-18(14-20)32(44)45)12-7-13-23-17(2)25-27(37(4)29(23)41)35-39(31(25)43)21-11-6-9-19(15-21)33(46)47/h5-6,8-15,34-35H,1-4H3,(H,44,45)(H,46,47). The van der Waals surface area contributed by atoms with Crippen molar-refractivity contribution in [2.24, 2.45) is 14.1 Å². The highest BCUT2D eigenvalue weighted by molar-refractivity contribution is 5.89. The zero-order chi connectivity index (χ0) is 33.9. The summed E-state index contributed by atoms with van der Waals surface area (Å²) in [5.74, 6) is -2.31. The van der Waals surface area contributed by atoms with Crippen LogP contribution in [-0.4, -0.2) is 50.8 Å². The third-order valence-corrected chi connectivity index (χ3v) is 8.20. The Morgan fingerprint density at radius 3 is 1.40 bits per heavy atom. The first-order valence-electron chi connectivity index (χ1n) is 14.1. The smallest absolute Gasteiger partial charge is 0.335 e. The predicted molar refractivity (Wildman–Crippen MR) is 174 cm³/mol. The van der Waals surface area contributed by atoms with Crippen molar-refractivity contribution in [2.75, 3.05) is 0 Å². The largest absolute Gasteiger partial charge is 0.478 e. The molecule has 236 valence electrons. The fraction of sp³-hybridized carbons (Fsp3) is 0.121. The van der Waals surface area contributed by atoms with Crippen molar-refractivity contribution in [3.8, 4) is 11.4 Å². The number of carboxylic acids is 2. The number of hydrogen-bond acceptors (Lipinski definition) is 6. The summed E-state index contributed by atoms with van der Waals surface area (Å²) in [5, 5.41) is 24.9. The third kappa shape index (κ3) is 4.76. The number of aryl methyl sites for hydroxylation is 4. The summed E-state index contributed by atoms with van der Waals surface area (Å²) in [6, 6.07) is 11.6. The van der Waals surface area contributed by atoms with Crippen LogP contribution in [0.25, 0.3) is 45.6 Å². The molecule has 0 aliphatic rings. The number of pyridine rings is 2. The molecule has 0 fully saturated rings. The maximum Gasteiger partial charge on any atom is 0.335 e. The SMILES string of the molecule is Cc1c(C=C=Cc2c(C)c3c(=O)n(-c4cccc(C(=O)O)c4)[nH]c3n(C)c2=O)c(=O)n(C)c2[nH]n(-c3cccc(C(=O)O)c3)c(=O)c12. The molecular weight excluding hydrogens is 608 g/mol. The molecule has 0 radical (unpaired) electrons. The van der Waals surface area contributed by atoms with Crippen molar-refractivity contribution in [1.82, 2.24) is 28.7 Å². The first-order valence-corrected chi connectivity index (χ1v) is 14.1. The number of benzene rings is 2. The van der Waals surface area contributed by atoms with E-state index in [1.807, 2.05) is 0 Å². The normalized spacial score (nSPS) is 11.1. The van der Waals surface area contributed by atoms with Crippen LogP contribution in [0.1, 0.15) is 43.0 Å². The molecule has 0 saturated heterocycles. The number of aromatic amines is 2. The molecule has 2 aromatic carbocycles. The van der Waals surface area contributed by atoms with Crippen molar-refractivity contribution in [3.05, 3.63) is 129 Å². The molecule has 0 amide bonds. The molecule has 47 heavy (non-hydrogen) atoms. The molecule has 4 heterocycles. The molecule has 0 saturated carbocycles. The summed E-state index contributed by atoms with van der Waals surface area (Å²) in [6.45, 7) is 3.20. The Balaban J connectivity index is 1.48. The highest BCUT2D eigenvalue weighted by atomic mass is 16.4. The van der Waals surface area contributed by atoms with Crippen molar-refractivity contribution >= 4 is 46.2 Å². The van der Waals surface area contributed by atoms with Gasteiger partial charge in [-0.1, -0.05) is 12.1 Å². The second-order valence-corrected chi connectivity index (χ2v) is 10.9.